The third kappa shape index (κ3) is 4.79. The summed E-state index contributed by atoms with van der Waals surface area (Å²) in [5.41, 5.74) is 1.80. The van der Waals surface area contributed by atoms with Gasteiger partial charge in [-0.1, -0.05) is 6.07 Å². The molecule has 3 aliphatic heterocycles. The van der Waals surface area contributed by atoms with E-state index in [1.54, 1.807) is 42.2 Å². The Hall–Kier alpha value is -3.66. The number of hydrogen-bond acceptors (Lipinski definition) is 7. The summed E-state index contributed by atoms with van der Waals surface area (Å²) in [6.07, 6.45) is 0. The summed E-state index contributed by atoms with van der Waals surface area (Å²) in [4.78, 5) is 33.5. The van der Waals surface area contributed by atoms with E-state index < -0.39 is 0 Å². The SMILES string of the molecule is COc1ccc(OC)c(N2CCN(CC(=O)N3CCN(Cc4ccc5c(c4)OCO5)CC3)C2=O)c1. The van der Waals surface area contributed by atoms with Gasteiger partial charge in [-0.25, -0.2) is 4.79 Å². The van der Waals surface area contributed by atoms with Crippen molar-refractivity contribution >= 4 is 17.6 Å². The minimum Gasteiger partial charge on any atom is -0.497 e. The van der Waals surface area contributed by atoms with Crippen LogP contribution in [0.5, 0.6) is 23.0 Å². The zero-order valence-corrected chi connectivity index (χ0v) is 20.1. The van der Waals surface area contributed by atoms with E-state index in [-0.39, 0.29) is 25.3 Å². The molecule has 0 spiro atoms. The van der Waals surface area contributed by atoms with Crippen molar-refractivity contribution in [1.82, 2.24) is 14.7 Å². The summed E-state index contributed by atoms with van der Waals surface area (Å²) in [7, 11) is 3.15. The molecule has 3 aliphatic rings. The van der Waals surface area contributed by atoms with Crippen molar-refractivity contribution in [3.63, 3.8) is 0 Å². The summed E-state index contributed by atoms with van der Waals surface area (Å²) in [5.74, 6) is 2.77. The Kier molecular flexibility index (Phi) is 6.54. The molecular weight excluding hydrogens is 452 g/mol. The first-order chi connectivity index (χ1) is 17.1. The Bertz CT molecular complexity index is 1100. The molecule has 186 valence electrons. The average molecular weight is 483 g/mol. The number of nitrogens with zero attached hydrogens (tertiary/aromatic N) is 4. The molecule has 5 rings (SSSR count). The van der Waals surface area contributed by atoms with Crippen LogP contribution in [0.4, 0.5) is 10.5 Å². The Balaban J connectivity index is 1.14. The molecule has 0 aliphatic carbocycles. The van der Waals surface area contributed by atoms with Gasteiger partial charge in [0.2, 0.25) is 12.7 Å². The van der Waals surface area contributed by atoms with E-state index in [0.29, 0.717) is 43.4 Å². The van der Waals surface area contributed by atoms with Crippen molar-refractivity contribution in [2.45, 2.75) is 6.54 Å². The van der Waals surface area contributed by atoms with Gasteiger partial charge in [0.05, 0.1) is 19.9 Å². The zero-order valence-electron chi connectivity index (χ0n) is 20.1. The predicted octanol–water partition coefficient (Wildman–Crippen LogP) is 2.02. The van der Waals surface area contributed by atoms with Gasteiger partial charge in [-0.15, -0.1) is 0 Å². The van der Waals surface area contributed by atoms with E-state index in [4.69, 9.17) is 18.9 Å². The maximum absolute atomic E-state index is 13.1. The summed E-state index contributed by atoms with van der Waals surface area (Å²) in [6, 6.07) is 11.1. The fourth-order valence-electron chi connectivity index (χ4n) is 4.68. The van der Waals surface area contributed by atoms with E-state index in [9.17, 15) is 9.59 Å². The van der Waals surface area contributed by atoms with Crippen LogP contribution in [0, 0.1) is 0 Å². The van der Waals surface area contributed by atoms with Gasteiger partial charge in [-0.3, -0.25) is 14.6 Å². The normalized spacial score (nSPS) is 17.8. The second kappa shape index (κ2) is 9.91. The molecule has 35 heavy (non-hydrogen) atoms. The van der Waals surface area contributed by atoms with Gasteiger partial charge >= 0.3 is 6.03 Å². The average Bonchev–Trinajstić information content (AvgIpc) is 3.50. The van der Waals surface area contributed by atoms with Crippen LogP contribution in [0.3, 0.4) is 0 Å². The number of carbonyl (C=O) groups excluding carboxylic acids is 2. The number of amides is 3. The Morgan fingerprint density at radius 1 is 0.914 bits per heavy atom. The van der Waals surface area contributed by atoms with E-state index in [1.807, 2.05) is 23.1 Å². The maximum atomic E-state index is 13.1. The number of hydrogen-bond donors (Lipinski definition) is 0. The molecule has 0 atom stereocenters. The van der Waals surface area contributed by atoms with Crippen molar-refractivity contribution < 1.29 is 28.5 Å². The molecule has 0 bridgehead atoms. The van der Waals surface area contributed by atoms with Gasteiger partial charge in [-0.2, -0.15) is 0 Å². The largest absolute Gasteiger partial charge is 0.497 e. The van der Waals surface area contributed by atoms with Gasteiger partial charge in [0.25, 0.3) is 0 Å². The number of rotatable bonds is 7. The molecule has 0 aromatic heterocycles. The molecule has 10 nitrogen and oxygen atoms in total. The van der Waals surface area contributed by atoms with Gasteiger partial charge in [-0.05, 0) is 29.8 Å². The Morgan fingerprint density at radius 2 is 1.71 bits per heavy atom. The standard InChI is InChI=1S/C25H30N4O6/c1-32-19-4-6-21(33-2)20(14-19)29-12-11-28(25(29)31)16-24(30)27-9-7-26(8-10-27)15-18-3-5-22-23(13-18)35-17-34-22/h3-6,13-14H,7-12,15-17H2,1-2H3. The molecule has 3 amide bonds. The van der Waals surface area contributed by atoms with Crippen LogP contribution in [0.1, 0.15) is 5.56 Å². The molecule has 2 saturated heterocycles. The first kappa shape index (κ1) is 23.1. The van der Waals surface area contributed by atoms with Crippen molar-refractivity contribution in [1.29, 1.82) is 0 Å². The van der Waals surface area contributed by atoms with Crippen LogP contribution in [0.15, 0.2) is 36.4 Å². The monoisotopic (exact) mass is 482 g/mol. The van der Waals surface area contributed by atoms with E-state index in [1.165, 1.54) is 0 Å². The highest BCUT2D eigenvalue weighted by molar-refractivity contribution is 5.98. The first-order valence-electron chi connectivity index (χ1n) is 11.7. The zero-order chi connectivity index (χ0) is 24.4. The van der Waals surface area contributed by atoms with Gasteiger partial charge in [0.1, 0.15) is 18.0 Å². The fourth-order valence-corrected chi connectivity index (χ4v) is 4.68. The minimum absolute atomic E-state index is 0.0273. The topological polar surface area (TPSA) is 84.0 Å². The number of fused-ring (bicyclic) bond motifs is 1. The molecule has 2 aromatic carbocycles. The molecular formula is C25H30N4O6. The summed E-state index contributed by atoms with van der Waals surface area (Å²) in [5, 5.41) is 0. The highest BCUT2D eigenvalue weighted by atomic mass is 16.7. The second-order valence-corrected chi connectivity index (χ2v) is 8.74. The number of benzene rings is 2. The van der Waals surface area contributed by atoms with Crippen molar-refractivity contribution in [2.24, 2.45) is 0 Å². The lowest BCUT2D eigenvalue weighted by Gasteiger charge is -2.35. The summed E-state index contributed by atoms with van der Waals surface area (Å²) >= 11 is 0. The summed E-state index contributed by atoms with van der Waals surface area (Å²) in [6.45, 7) is 4.93. The third-order valence-electron chi connectivity index (χ3n) is 6.67. The number of ether oxygens (including phenoxy) is 4. The Labute approximate surface area is 204 Å². The molecule has 0 N–H and O–H groups in total. The van der Waals surface area contributed by atoms with Crippen molar-refractivity contribution in [3.8, 4) is 23.0 Å². The lowest BCUT2D eigenvalue weighted by molar-refractivity contribution is -0.133. The minimum atomic E-state index is -0.202. The number of methoxy groups -OCH3 is 2. The van der Waals surface area contributed by atoms with Gasteiger partial charge < -0.3 is 28.7 Å². The lowest BCUT2D eigenvalue weighted by Crippen LogP contribution is -2.51. The quantitative estimate of drug-likeness (QED) is 0.597. The molecule has 2 aromatic rings. The predicted molar refractivity (Wildman–Crippen MR) is 128 cm³/mol. The molecule has 10 heteroatoms. The van der Waals surface area contributed by atoms with Crippen molar-refractivity contribution in [2.75, 3.05) is 71.7 Å². The second-order valence-electron chi connectivity index (χ2n) is 8.74. The van der Waals surface area contributed by atoms with E-state index in [0.717, 1.165) is 36.7 Å². The van der Waals surface area contributed by atoms with Crippen LogP contribution in [-0.2, 0) is 11.3 Å². The van der Waals surface area contributed by atoms with Gasteiger partial charge in [0, 0.05) is 51.9 Å². The van der Waals surface area contributed by atoms with Crippen LogP contribution in [-0.4, -0.2) is 93.5 Å². The fraction of sp³-hybridized carbons (Fsp3) is 0.440. The Morgan fingerprint density at radius 3 is 2.49 bits per heavy atom. The van der Waals surface area contributed by atoms with E-state index in [2.05, 4.69) is 4.90 Å². The number of piperazine rings is 1. The first-order valence-corrected chi connectivity index (χ1v) is 11.7. The lowest BCUT2D eigenvalue weighted by atomic mass is 10.1. The highest BCUT2D eigenvalue weighted by Crippen LogP contribution is 2.35. The number of urea groups is 1. The molecule has 0 radical (unpaired) electrons. The van der Waals surface area contributed by atoms with Crippen LogP contribution in [0.2, 0.25) is 0 Å². The number of anilines is 1. The maximum Gasteiger partial charge on any atom is 0.325 e. The van der Waals surface area contributed by atoms with Crippen LogP contribution >= 0.6 is 0 Å². The third-order valence-corrected chi connectivity index (χ3v) is 6.67. The molecule has 3 heterocycles. The smallest absolute Gasteiger partial charge is 0.325 e. The highest BCUT2D eigenvalue weighted by Gasteiger charge is 2.34. The molecule has 0 unspecified atom stereocenters. The van der Waals surface area contributed by atoms with Gasteiger partial charge in [0.15, 0.2) is 11.5 Å². The van der Waals surface area contributed by atoms with Crippen LogP contribution < -0.4 is 23.8 Å². The van der Waals surface area contributed by atoms with E-state index >= 15 is 0 Å². The number of carbonyl (C=O) groups is 2. The molecule has 2 fully saturated rings. The molecule has 0 saturated carbocycles. The summed E-state index contributed by atoms with van der Waals surface area (Å²) < 4.78 is 21.6. The van der Waals surface area contributed by atoms with Crippen molar-refractivity contribution in [3.05, 3.63) is 42.0 Å². The van der Waals surface area contributed by atoms with Crippen LogP contribution in [0.25, 0.3) is 0 Å².